The summed E-state index contributed by atoms with van der Waals surface area (Å²) in [5, 5.41) is 9.64. The number of hydrogen-bond acceptors (Lipinski definition) is 4. The molecule has 0 N–H and O–H groups in total. The lowest BCUT2D eigenvalue weighted by molar-refractivity contribution is 0.305. The van der Waals surface area contributed by atoms with Crippen LogP contribution in [0.15, 0.2) is 54.1 Å². The van der Waals surface area contributed by atoms with E-state index in [1.807, 2.05) is 22.8 Å². The third-order valence-corrected chi connectivity index (χ3v) is 6.03. The molecule has 0 saturated heterocycles. The Morgan fingerprint density at radius 2 is 1.91 bits per heavy atom. The van der Waals surface area contributed by atoms with Crippen LogP contribution in [0.25, 0.3) is 16.7 Å². The smallest absolute Gasteiger partial charge is 0.214 e. The highest BCUT2D eigenvalue weighted by atomic mass is 19.1. The third-order valence-electron chi connectivity index (χ3n) is 6.03. The Bertz CT molecular complexity index is 1500. The Hall–Kier alpha value is -4.05. The Kier molecular flexibility index (Phi) is 5.58. The molecule has 3 heterocycles. The number of nitrogens with zero attached hydrogens (tertiary/aromatic N) is 4. The summed E-state index contributed by atoms with van der Waals surface area (Å²) >= 11 is 0. The van der Waals surface area contributed by atoms with Crippen LogP contribution in [0, 0.1) is 23.1 Å². The molecule has 5 nitrogen and oxygen atoms in total. The molecule has 7 heteroatoms. The molecule has 1 aliphatic rings. The molecule has 2 aromatic heterocycles. The summed E-state index contributed by atoms with van der Waals surface area (Å²) < 4.78 is 35.7. The van der Waals surface area contributed by atoms with Gasteiger partial charge in [-0.05, 0) is 60.4 Å². The van der Waals surface area contributed by atoms with Gasteiger partial charge in [-0.1, -0.05) is 19.1 Å². The first-order valence-corrected chi connectivity index (χ1v) is 11.2. The largest absolute Gasteiger partial charge is 0.488 e. The van der Waals surface area contributed by atoms with Gasteiger partial charge in [-0.15, -0.1) is 0 Å². The van der Waals surface area contributed by atoms with Crippen molar-refractivity contribution in [3.05, 3.63) is 93.9 Å². The molecule has 0 unspecified atom stereocenters. The number of nitriles is 1. The van der Waals surface area contributed by atoms with Crippen molar-refractivity contribution in [1.29, 1.82) is 5.26 Å². The SMILES string of the molecule is CCCc1nc2ccc(F)nc2n1Cc1ccc2c(c1)COc1cc(F)ccc1C2=C(C)C#N. The van der Waals surface area contributed by atoms with E-state index in [0.717, 1.165) is 40.9 Å². The molecule has 170 valence electrons. The van der Waals surface area contributed by atoms with Crippen molar-refractivity contribution < 1.29 is 13.5 Å². The van der Waals surface area contributed by atoms with Crippen molar-refractivity contribution in [1.82, 2.24) is 14.5 Å². The van der Waals surface area contributed by atoms with Gasteiger partial charge in [0, 0.05) is 29.2 Å². The fourth-order valence-electron chi connectivity index (χ4n) is 4.48. The minimum atomic E-state index is -0.543. The van der Waals surface area contributed by atoms with Crippen LogP contribution in [0.4, 0.5) is 8.78 Å². The van der Waals surface area contributed by atoms with Crippen molar-refractivity contribution in [2.45, 2.75) is 39.8 Å². The van der Waals surface area contributed by atoms with E-state index >= 15 is 0 Å². The zero-order chi connectivity index (χ0) is 23.8. The van der Waals surface area contributed by atoms with Crippen LogP contribution in [-0.4, -0.2) is 14.5 Å². The maximum Gasteiger partial charge on any atom is 0.214 e. The van der Waals surface area contributed by atoms with Gasteiger partial charge in [-0.3, -0.25) is 0 Å². The molecule has 1 aliphatic heterocycles. The Balaban J connectivity index is 1.60. The lowest BCUT2D eigenvalue weighted by Crippen LogP contribution is -2.07. The number of fused-ring (bicyclic) bond motifs is 3. The van der Waals surface area contributed by atoms with Crippen molar-refractivity contribution in [2.24, 2.45) is 0 Å². The highest BCUT2D eigenvalue weighted by molar-refractivity contribution is 5.88. The summed E-state index contributed by atoms with van der Waals surface area (Å²) in [4.78, 5) is 8.74. The molecule has 2 aromatic carbocycles. The fraction of sp³-hybridized carbons (Fsp3) is 0.222. The maximum absolute atomic E-state index is 13.9. The van der Waals surface area contributed by atoms with Crippen LogP contribution in [0.2, 0.25) is 0 Å². The lowest BCUT2D eigenvalue weighted by atomic mass is 9.90. The molecule has 0 amide bonds. The molecule has 0 aliphatic carbocycles. The zero-order valence-corrected chi connectivity index (χ0v) is 18.9. The highest BCUT2D eigenvalue weighted by Crippen LogP contribution is 2.39. The number of ether oxygens (including phenoxy) is 1. The van der Waals surface area contributed by atoms with E-state index < -0.39 is 11.8 Å². The van der Waals surface area contributed by atoms with E-state index in [2.05, 4.69) is 23.0 Å². The van der Waals surface area contributed by atoms with Crippen molar-refractivity contribution in [3.63, 3.8) is 0 Å². The quantitative estimate of drug-likeness (QED) is 0.281. The van der Waals surface area contributed by atoms with E-state index in [4.69, 9.17) is 4.74 Å². The minimum Gasteiger partial charge on any atom is -0.488 e. The molecular formula is C27H22F2N4O. The monoisotopic (exact) mass is 456 g/mol. The Morgan fingerprint density at radius 3 is 2.71 bits per heavy atom. The van der Waals surface area contributed by atoms with Crippen molar-refractivity contribution in [3.8, 4) is 11.8 Å². The molecule has 0 saturated carbocycles. The summed E-state index contributed by atoms with van der Waals surface area (Å²) in [5.41, 5.74) is 5.86. The van der Waals surface area contributed by atoms with Gasteiger partial charge in [-0.2, -0.15) is 14.6 Å². The summed E-state index contributed by atoms with van der Waals surface area (Å²) in [7, 11) is 0. The first-order chi connectivity index (χ1) is 16.5. The van der Waals surface area contributed by atoms with Gasteiger partial charge < -0.3 is 9.30 Å². The average molecular weight is 456 g/mol. The average Bonchev–Trinajstić information content (AvgIpc) is 3.06. The molecule has 34 heavy (non-hydrogen) atoms. The van der Waals surface area contributed by atoms with Crippen molar-refractivity contribution >= 4 is 16.7 Å². The number of pyridine rings is 1. The number of aryl methyl sites for hydroxylation is 1. The second-order valence-corrected chi connectivity index (χ2v) is 8.37. The molecule has 0 spiro atoms. The number of hydrogen-bond donors (Lipinski definition) is 0. The molecule has 0 radical (unpaired) electrons. The Morgan fingerprint density at radius 1 is 1.09 bits per heavy atom. The number of allylic oxidation sites excluding steroid dienone is 1. The summed E-state index contributed by atoms with van der Waals surface area (Å²) in [6.45, 7) is 4.53. The van der Waals surface area contributed by atoms with Gasteiger partial charge in [0.2, 0.25) is 5.95 Å². The van der Waals surface area contributed by atoms with E-state index in [9.17, 15) is 14.0 Å². The Labute approximate surface area is 196 Å². The van der Waals surface area contributed by atoms with Crippen molar-refractivity contribution in [2.75, 3.05) is 0 Å². The zero-order valence-electron chi connectivity index (χ0n) is 18.9. The number of halogens is 2. The number of aromatic nitrogens is 3. The summed E-state index contributed by atoms with van der Waals surface area (Å²) in [6.07, 6.45) is 1.65. The predicted molar refractivity (Wildman–Crippen MR) is 125 cm³/mol. The molecule has 4 aromatic rings. The third kappa shape index (κ3) is 3.81. The first-order valence-electron chi connectivity index (χ1n) is 11.2. The lowest BCUT2D eigenvalue weighted by Gasteiger charge is -2.14. The summed E-state index contributed by atoms with van der Waals surface area (Å²) in [5.74, 6) is 0.326. The normalized spacial score (nSPS) is 14.1. The van der Waals surface area contributed by atoms with E-state index in [1.165, 1.54) is 18.2 Å². The minimum absolute atomic E-state index is 0.237. The van der Waals surface area contributed by atoms with Crippen LogP contribution in [0.3, 0.4) is 0 Å². The maximum atomic E-state index is 13.9. The van der Waals surface area contributed by atoms with Gasteiger partial charge in [0.15, 0.2) is 5.65 Å². The molecule has 0 bridgehead atoms. The molecule has 0 atom stereocenters. The van der Waals surface area contributed by atoms with E-state index in [1.54, 1.807) is 19.1 Å². The van der Waals surface area contributed by atoms with Crippen LogP contribution in [0.5, 0.6) is 5.75 Å². The number of imidazole rings is 1. The van der Waals surface area contributed by atoms with Gasteiger partial charge in [-0.25, -0.2) is 9.37 Å². The first kappa shape index (κ1) is 21.8. The van der Waals surface area contributed by atoms with Gasteiger partial charge in [0.05, 0.1) is 12.6 Å². The predicted octanol–water partition coefficient (Wildman–Crippen LogP) is 5.95. The van der Waals surface area contributed by atoms with Crippen LogP contribution >= 0.6 is 0 Å². The number of rotatable bonds is 4. The highest BCUT2D eigenvalue weighted by Gasteiger charge is 2.23. The van der Waals surface area contributed by atoms with Crippen LogP contribution in [0.1, 0.15) is 48.3 Å². The standard InChI is InChI=1S/C27H22F2N4O/c1-3-4-25-31-22-9-10-24(29)32-27(22)33(25)14-17-5-7-20-18(11-17)15-34-23-12-19(28)6-8-21(23)26(20)16(2)13-30/h5-12H,3-4,14-15H2,1-2H3. The number of benzene rings is 2. The summed E-state index contributed by atoms with van der Waals surface area (Å²) in [6, 6.07) is 15.5. The van der Waals surface area contributed by atoms with E-state index in [-0.39, 0.29) is 6.61 Å². The van der Waals surface area contributed by atoms with Gasteiger partial charge >= 0.3 is 0 Å². The van der Waals surface area contributed by atoms with Crippen LogP contribution in [-0.2, 0) is 19.6 Å². The molecular weight excluding hydrogens is 434 g/mol. The topological polar surface area (TPSA) is 63.7 Å². The molecule has 5 rings (SSSR count). The van der Waals surface area contributed by atoms with Crippen LogP contribution < -0.4 is 4.74 Å². The van der Waals surface area contributed by atoms with Gasteiger partial charge in [0.1, 0.15) is 29.5 Å². The second-order valence-electron chi connectivity index (χ2n) is 8.37. The molecule has 0 fully saturated rings. The van der Waals surface area contributed by atoms with Gasteiger partial charge in [0.25, 0.3) is 0 Å². The van der Waals surface area contributed by atoms with E-state index in [0.29, 0.717) is 34.6 Å². The second kappa shape index (κ2) is 8.71. The fourth-order valence-corrected chi connectivity index (χ4v) is 4.48.